The number of carbonyl (C=O) groups is 1. The highest BCUT2D eigenvalue weighted by molar-refractivity contribution is 6.74. The van der Waals surface area contributed by atoms with E-state index in [-0.39, 0.29) is 35.2 Å². The van der Waals surface area contributed by atoms with E-state index < -0.39 is 8.32 Å². The quantitative estimate of drug-likeness (QED) is 0.309. The van der Waals surface area contributed by atoms with Crippen LogP contribution in [0.5, 0.6) is 0 Å². The number of aliphatic hydroxyl groups is 1. The minimum absolute atomic E-state index is 0.00173. The number of aliphatic hydroxyl groups excluding tert-OH is 1. The van der Waals surface area contributed by atoms with Crippen molar-refractivity contribution in [3.8, 4) is 11.8 Å². The van der Waals surface area contributed by atoms with Crippen LogP contribution >= 0.6 is 0 Å². The van der Waals surface area contributed by atoms with E-state index in [1.165, 1.54) is 0 Å². The largest absolute Gasteiger partial charge is 0.417 e. The summed E-state index contributed by atoms with van der Waals surface area (Å²) in [6.45, 7) is 16.3. The van der Waals surface area contributed by atoms with Crippen molar-refractivity contribution >= 4 is 14.1 Å². The molecule has 0 aromatic carbocycles. The average Bonchev–Trinajstić information content (AvgIpc) is 2.90. The van der Waals surface area contributed by atoms with Crippen LogP contribution in [0.2, 0.25) is 18.1 Å². The van der Waals surface area contributed by atoms with E-state index in [1.807, 2.05) is 6.92 Å². The molecule has 0 aromatic heterocycles. The first-order valence-corrected chi connectivity index (χ1v) is 12.7. The van der Waals surface area contributed by atoms with Gasteiger partial charge < -0.3 is 9.53 Å². The summed E-state index contributed by atoms with van der Waals surface area (Å²) in [4.78, 5) is 12.5. The number of hydrogen-bond donors (Lipinski definition) is 1. The monoisotopic (exact) mass is 366 g/mol. The summed E-state index contributed by atoms with van der Waals surface area (Å²) >= 11 is 0. The Hall–Kier alpha value is -0.633. The van der Waals surface area contributed by atoms with Crippen LogP contribution in [-0.2, 0) is 9.22 Å². The maximum atomic E-state index is 12.5. The van der Waals surface area contributed by atoms with E-state index in [2.05, 4.69) is 52.6 Å². The molecule has 25 heavy (non-hydrogen) atoms. The Labute approximate surface area is 156 Å². The third kappa shape index (κ3) is 6.23. The molecule has 4 heteroatoms. The van der Waals surface area contributed by atoms with Crippen molar-refractivity contribution < 1.29 is 14.3 Å². The highest BCUT2D eigenvalue weighted by atomic mass is 28.4. The second-order valence-electron chi connectivity index (χ2n) is 9.28. The van der Waals surface area contributed by atoms with Gasteiger partial charge in [-0.1, -0.05) is 40.5 Å². The molecule has 144 valence electrons. The van der Waals surface area contributed by atoms with Crippen LogP contribution in [-0.4, -0.2) is 32.4 Å². The molecule has 1 aliphatic carbocycles. The molecule has 1 fully saturated rings. The molecule has 0 aliphatic heterocycles. The van der Waals surface area contributed by atoms with Crippen molar-refractivity contribution in [1.29, 1.82) is 0 Å². The Morgan fingerprint density at radius 2 is 1.96 bits per heavy atom. The molecule has 0 aromatic rings. The highest BCUT2D eigenvalue weighted by Gasteiger charge is 2.40. The topological polar surface area (TPSA) is 46.5 Å². The van der Waals surface area contributed by atoms with Crippen molar-refractivity contribution in [3.63, 3.8) is 0 Å². The Bertz CT molecular complexity index is 495. The molecule has 4 atom stereocenters. The predicted molar refractivity (Wildman–Crippen MR) is 107 cm³/mol. The van der Waals surface area contributed by atoms with Gasteiger partial charge >= 0.3 is 0 Å². The first-order chi connectivity index (χ1) is 11.5. The molecule has 0 unspecified atom stereocenters. The molecule has 0 bridgehead atoms. The van der Waals surface area contributed by atoms with Gasteiger partial charge in [-0.2, -0.15) is 0 Å². The second-order valence-corrected chi connectivity index (χ2v) is 14.1. The number of carbonyl (C=O) groups excluding carboxylic acids is 1. The fourth-order valence-corrected chi connectivity index (χ4v) is 4.49. The SMILES string of the molecule is C[C@H](CO)[C@@H]1CC[C@H](C)[C@@H]1C(=O)C#CCCCO[Si](C)(C)C(C)(C)C. The van der Waals surface area contributed by atoms with E-state index in [0.717, 1.165) is 25.9 Å². The maximum Gasteiger partial charge on any atom is 0.209 e. The Kier molecular flexibility index (Phi) is 8.38. The number of hydrogen-bond acceptors (Lipinski definition) is 3. The molecule has 3 nitrogen and oxygen atoms in total. The van der Waals surface area contributed by atoms with E-state index in [9.17, 15) is 9.90 Å². The van der Waals surface area contributed by atoms with Crippen LogP contribution in [0.4, 0.5) is 0 Å². The van der Waals surface area contributed by atoms with Gasteiger partial charge in [0, 0.05) is 25.6 Å². The molecule has 1 N–H and O–H groups in total. The van der Waals surface area contributed by atoms with Crippen LogP contribution in [0.25, 0.3) is 0 Å². The molecule has 0 saturated heterocycles. The van der Waals surface area contributed by atoms with Crippen LogP contribution in [0.1, 0.15) is 60.3 Å². The zero-order valence-corrected chi connectivity index (χ0v) is 18.3. The summed E-state index contributed by atoms with van der Waals surface area (Å²) < 4.78 is 6.14. The van der Waals surface area contributed by atoms with Crippen molar-refractivity contribution in [1.82, 2.24) is 0 Å². The fourth-order valence-electron chi connectivity index (χ4n) is 3.40. The van der Waals surface area contributed by atoms with Gasteiger partial charge in [-0.3, -0.25) is 4.79 Å². The minimum atomic E-state index is -1.68. The summed E-state index contributed by atoms with van der Waals surface area (Å²) in [5.74, 6) is 6.84. The third-order valence-electron chi connectivity index (χ3n) is 6.28. The lowest BCUT2D eigenvalue weighted by atomic mass is 9.80. The first-order valence-electron chi connectivity index (χ1n) is 9.78. The zero-order valence-electron chi connectivity index (χ0n) is 17.3. The standard InChI is InChI=1S/C21H38O3Si/c1-16-12-13-18(17(2)15-22)20(16)19(23)11-9-8-10-14-24-25(6,7)21(3,4)5/h16-18,20,22H,8,10,12-15H2,1-7H3/t16-,17+,18-,20-/m0/s1. The van der Waals surface area contributed by atoms with E-state index in [4.69, 9.17) is 4.43 Å². The molecule has 1 rings (SSSR count). The van der Waals surface area contributed by atoms with Gasteiger partial charge in [0.15, 0.2) is 8.32 Å². The van der Waals surface area contributed by atoms with Crippen LogP contribution in [0.15, 0.2) is 0 Å². The van der Waals surface area contributed by atoms with Crippen LogP contribution in [0, 0.1) is 35.5 Å². The van der Waals surface area contributed by atoms with Gasteiger partial charge in [0.1, 0.15) is 0 Å². The Morgan fingerprint density at radius 3 is 2.52 bits per heavy atom. The van der Waals surface area contributed by atoms with E-state index >= 15 is 0 Å². The Morgan fingerprint density at radius 1 is 1.32 bits per heavy atom. The normalized spacial score (nSPS) is 25.4. The minimum Gasteiger partial charge on any atom is -0.417 e. The molecule has 0 amide bonds. The summed E-state index contributed by atoms with van der Waals surface area (Å²) in [5, 5.41) is 9.65. The number of unbranched alkanes of at least 4 members (excludes halogenated alkanes) is 1. The van der Waals surface area contributed by atoms with E-state index in [0.29, 0.717) is 12.3 Å². The lowest BCUT2D eigenvalue weighted by Gasteiger charge is -2.36. The molecule has 1 aliphatic rings. The van der Waals surface area contributed by atoms with Crippen molar-refractivity contribution in [2.24, 2.45) is 23.7 Å². The van der Waals surface area contributed by atoms with Gasteiger partial charge in [-0.15, -0.1) is 0 Å². The van der Waals surface area contributed by atoms with Crippen molar-refractivity contribution in [2.45, 2.75) is 78.4 Å². The molecule has 1 saturated carbocycles. The summed E-state index contributed by atoms with van der Waals surface area (Å²) in [5.41, 5.74) is 0. The van der Waals surface area contributed by atoms with Gasteiger partial charge in [0.25, 0.3) is 0 Å². The highest BCUT2D eigenvalue weighted by Crippen LogP contribution is 2.41. The smallest absolute Gasteiger partial charge is 0.209 e. The lowest BCUT2D eigenvalue weighted by molar-refractivity contribution is -0.120. The molecule has 0 radical (unpaired) electrons. The van der Waals surface area contributed by atoms with Crippen LogP contribution < -0.4 is 0 Å². The molecule has 0 spiro atoms. The molecular formula is C21H38O3Si. The molecular weight excluding hydrogens is 328 g/mol. The fraction of sp³-hybridized carbons (Fsp3) is 0.857. The molecule has 0 heterocycles. The summed E-state index contributed by atoms with van der Waals surface area (Å²) in [6, 6.07) is 0. The number of ketones is 1. The van der Waals surface area contributed by atoms with Gasteiger partial charge in [0.05, 0.1) is 0 Å². The predicted octanol–water partition coefficient (Wildman–Crippen LogP) is 4.65. The lowest BCUT2D eigenvalue weighted by Crippen LogP contribution is -2.40. The van der Waals surface area contributed by atoms with Crippen LogP contribution in [0.3, 0.4) is 0 Å². The third-order valence-corrected chi connectivity index (χ3v) is 10.8. The van der Waals surface area contributed by atoms with Gasteiger partial charge in [0.2, 0.25) is 5.78 Å². The van der Waals surface area contributed by atoms with E-state index in [1.54, 1.807) is 0 Å². The zero-order chi connectivity index (χ0) is 19.3. The summed E-state index contributed by atoms with van der Waals surface area (Å²) in [7, 11) is -1.68. The van der Waals surface area contributed by atoms with Crippen molar-refractivity contribution in [3.05, 3.63) is 0 Å². The second kappa shape index (κ2) is 9.35. The summed E-state index contributed by atoms with van der Waals surface area (Å²) in [6.07, 6.45) is 3.68. The number of rotatable bonds is 7. The number of Topliss-reactive ketones (excluding diaryl/α,β-unsaturated/α-hetero) is 1. The Balaban J connectivity index is 2.46. The van der Waals surface area contributed by atoms with Gasteiger partial charge in [-0.25, -0.2) is 0 Å². The van der Waals surface area contributed by atoms with Crippen molar-refractivity contribution in [2.75, 3.05) is 13.2 Å². The first kappa shape index (κ1) is 22.4. The average molecular weight is 367 g/mol. The van der Waals surface area contributed by atoms with Gasteiger partial charge in [-0.05, 0) is 61.1 Å². The maximum absolute atomic E-state index is 12.5.